The number of para-hydroxylation sites is 1. The van der Waals surface area contributed by atoms with E-state index in [4.69, 9.17) is 9.47 Å². The van der Waals surface area contributed by atoms with E-state index in [1.54, 1.807) is 36.4 Å². The van der Waals surface area contributed by atoms with Gasteiger partial charge in [-0.2, -0.15) is 9.57 Å². The fourth-order valence-electron chi connectivity index (χ4n) is 3.07. The van der Waals surface area contributed by atoms with Crippen molar-refractivity contribution in [2.45, 2.75) is 30.7 Å². The van der Waals surface area contributed by atoms with Crippen LogP contribution in [0.15, 0.2) is 40.6 Å². The number of hydrogen-bond donors (Lipinski definition) is 1. The van der Waals surface area contributed by atoms with Crippen molar-refractivity contribution in [1.29, 1.82) is 5.26 Å². The van der Waals surface area contributed by atoms with Gasteiger partial charge >= 0.3 is 0 Å². The Balaban J connectivity index is 1.64. The number of nitrogens with zero attached hydrogens (tertiary/aromatic N) is 2. The summed E-state index contributed by atoms with van der Waals surface area (Å²) < 4.78 is 38.2. The zero-order chi connectivity index (χ0) is 22.4. The third kappa shape index (κ3) is 5.62. The number of carbonyl (C=O) groups excluding carboxylic acids is 1. The number of morpholine rings is 1. The summed E-state index contributed by atoms with van der Waals surface area (Å²) in [7, 11) is -3.55. The Morgan fingerprint density at radius 2 is 1.97 bits per heavy atom. The van der Waals surface area contributed by atoms with E-state index < -0.39 is 16.1 Å². The minimum atomic E-state index is -3.55. The molecule has 0 spiro atoms. The third-order valence-corrected chi connectivity index (χ3v) is 8.21. The van der Waals surface area contributed by atoms with Gasteiger partial charge in [0.1, 0.15) is 16.0 Å². The second kappa shape index (κ2) is 10.2. The summed E-state index contributed by atoms with van der Waals surface area (Å²) in [6.45, 7) is 5.36. The molecule has 3 rings (SSSR count). The molecule has 1 aromatic heterocycles. The molecular weight excluding hydrogens is 438 g/mol. The molecule has 0 radical (unpaired) electrons. The largest absolute Gasteiger partial charge is 0.479 e. The summed E-state index contributed by atoms with van der Waals surface area (Å²) in [6.07, 6.45) is -0.786. The molecule has 2 aromatic rings. The van der Waals surface area contributed by atoms with Crippen molar-refractivity contribution in [3.05, 3.63) is 46.8 Å². The summed E-state index contributed by atoms with van der Waals surface area (Å²) in [5, 5.41) is 12.1. The van der Waals surface area contributed by atoms with E-state index in [0.29, 0.717) is 37.6 Å². The highest BCUT2D eigenvalue weighted by atomic mass is 32.2. The van der Waals surface area contributed by atoms with Crippen molar-refractivity contribution in [3.63, 3.8) is 0 Å². The number of nitriles is 1. The molecule has 1 amide bonds. The highest BCUT2D eigenvalue weighted by molar-refractivity contribution is 7.91. The Morgan fingerprint density at radius 1 is 1.26 bits per heavy atom. The van der Waals surface area contributed by atoms with Crippen LogP contribution in [0.1, 0.15) is 24.3 Å². The summed E-state index contributed by atoms with van der Waals surface area (Å²) in [5.74, 6) is -0.102. The van der Waals surface area contributed by atoms with E-state index in [9.17, 15) is 18.5 Å². The second-order valence-corrected chi connectivity index (χ2v) is 10.7. The zero-order valence-corrected chi connectivity index (χ0v) is 19.0. The van der Waals surface area contributed by atoms with Crippen LogP contribution in [0.3, 0.4) is 0 Å². The van der Waals surface area contributed by atoms with Gasteiger partial charge in [0.2, 0.25) is 0 Å². The maximum absolute atomic E-state index is 12.8. The fraction of sp³-hybridized carbons (Fsp3) is 0.429. The molecule has 1 aromatic carbocycles. The molecule has 1 aliphatic rings. The van der Waals surface area contributed by atoms with E-state index in [-0.39, 0.29) is 22.6 Å². The zero-order valence-electron chi connectivity index (χ0n) is 17.4. The van der Waals surface area contributed by atoms with Gasteiger partial charge in [0, 0.05) is 18.0 Å². The molecule has 0 bridgehead atoms. The van der Waals surface area contributed by atoms with Gasteiger partial charge in [-0.25, -0.2) is 8.42 Å². The normalized spacial score (nSPS) is 15.9. The van der Waals surface area contributed by atoms with Crippen LogP contribution < -0.4 is 10.1 Å². The molecule has 1 N–H and O–H groups in total. The van der Waals surface area contributed by atoms with Gasteiger partial charge in [-0.05, 0) is 30.2 Å². The molecule has 1 unspecified atom stereocenters. The van der Waals surface area contributed by atoms with Gasteiger partial charge in [0.05, 0.1) is 25.3 Å². The fourth-order valence-corrected chi connectivity index (χ4v) is 5.93. The molecule has 0 aliphatic carbocycles. The number of benzene rings is 1. The summed E-state index contributed by atoms with van der Waals surface area (Å²) in [5.41, 5.74) is 0.358. The molecule has 0 saturated carbocycles. The topological polar surface area (TPSA) is 109 Å². The number of sulfonamides is 1. The van der Waals surface area contributed by atoms with Gasteiger partial charge in [0.15, 0.2) is 6.10 Å². The standard InChI is InChI=1S/C21H25N3O5S2/c1-15(2)20(29-18-6-4-3-5-16(18)13-22)21(25)23-14-17-7-8-19(30-17)31(26,27)24-9-11-28-12-10-24/h3-8,15,20H,9-12,14H2,1-2H3,(H,23,25). The lowest BCUT2D eigenvalue weighted by atomic mass is 10.1. The summed E-state index contributed by atoms with van der Waals surface area (Å²) >= 11 is 1.14. The van der Waals surface area contributed by atoms with Crippen molar-refractivity contribution >= 4 is 27.3 Å². The smallest absolute Gasteiger partial charge is 0.261 e. The van der Waals surface area contributed by atoms with E-state index in [1.807, 2.05) is 13.8 Å². The van der Waals surface area contributed by atoms with Gasteiger partial charge < -0.3 is 14.8 Å². The van der Waals surface area contributed by atoms with Crippen LogP contribution in [0.2, 0.25) is 0 Å². The van der Waals surface area contributed by atoms with Crippen molar-refractivity contribution in [1.82, 2.24) is 9.62 Å². The molecular formula is C21H25N3O5S2. The van der Waals surface area contributed by atoms with Crippen LogP contribution in [0.25, 0.3) is 0 Å². The van der Waals surface area contributed by atoms with Crippen LogP contribution in [-0.4, -0.2) is 51.0 Å². The Bertz CT molecular complexity index is 1050. The molecule has 166 valence electrons. The first kappa shape index (κ1) is 23.2. The Kier molecular flexibility index (Phi) is 7.67. The number of rotatable bonds is 8. The first-order valence-electron chi connectivity index (χ1n) is 9.93. The maximum Gasteiger partial charge on any atom is 0.261 e. The number of carbonyl (C=O) groups is 1. The molecule has 1 saturated heterocycles. The minimum absolute atomic E-state index is 0.132. The van der Waals surface area contributed by atoms with Crippen LogP contribution >= 0.6 is 11.3 Å². The number of hydrogen-bond acceptors (Lipinski definition) is 7. The van der Waals surface area contributed by atoms with E-state index in [1.165, 1.54) is 4.31 Å². The number of amides is 1. The third-order valence-electron chi connectivity index (χ3n) is 4.76. The highest BCUT2D eigenvalue weighted by Crippen LogP contribution is 2.26. The maximum atomic E-state index is 12.8. The van der Waals surface area contributed by atoms with Crippen LogP contribution in [0.4, 0.5) is 0 Å². The van der Waals surface area contributed by atoms with Crippen molar-refractivity contribution < 1.29 is 22.7 Å². The van der Waals surface area contributed by atoms with Crippen LogP contribution in [0, 0.1) is 17.2 Å². The average Bonchev–Trinajstić information content (AvgIpc) is 3.26. The molecule has 8 nitrogen and oxygen atoms in total. The van der Waals surface area contributed by atoms with Crippen LogP contribution in [-0.2, 0) is 26.1 Å². The molecule has 2 heterocycles. The highest BCUT2D eigenvalue weighted by Gasteiger charge is 2.28. The number of ether oxygens (including phenoxy) is 2. The van der Waals surface area contributed by atoms with E-state index in [0.717, 1.165) is 16.2 Å². The van der Waals surface area contributed by atoms with E-state index >= 15 is 0 Å². The summed E-state index contributed by atoms with van der Waals surface area (Å²) in [6, 6.07) is 12.1. The minimum Gasteiger partial charge on any atom is -0.479 e. The molecule has 31 heavy (non-hydrogen) atoms. The monoisotopic (exact) mass is 463 g/mol. The Morgan fingerprint density at radius 3 is 2.65 bits per heavy atom. The van der Waals surface area contributed by atoms with Gasteiger partial charge in [-0.1, -0.05) is 26.0 Å². The number of thiophene rings is 1. The molecule has 10 heteroatoms. The van der Waals surface area contributed by atoms with E-state index in [2.05, 4.69) is 11.4 Å². The van der Waals surface area contributed by atoms with Gasteiger partial charge in [-0.15, -0.1) is 11.3 Å². The Hall–Kier alpha value is -2.45. The second-order valence-electron chi connectivity index (χ2n) is 7.35. The predicted molar refractivity (Wildman–Crippen MR) is 116 cm³/mol. The van der Waals surface area contributed by atoms with Gasteiger partial charge in [-0.3, -0.25) is 4.79 Å². The lowest BCUT2D eigenvalue weighted by Gasteiger charge is -2.25. The summed E-state index contributed by atoms with van der Waals surface area (Å²) in [4.78, 5) is 13.5. The first-order valence-corrected chi connectivity index (χ1v) is 12.2. The molecule has 1 fully saturated rings. The number of nitrogens with one attached hydrogen (secondary N) is 1. The first-order chi connectivity index (χ1) is 14.8. The van der Waals surface area contributed by atoms with Gasteiger partial charge in [0.25, 0.3) is 15.9 Å². The molecule has 1 atom stereocenters. The van der Waals surface area contributed by atoms with Crippen LogP contribution in [0.5, 0.6) is 5.75 Å². The van der Waals surface area contributed by atoms with Crippen molar-refractivity contribution in [2.75, 3.05) is 26.3 Å². The lowest BCUT2D eigenvalue weighted by Crippen LogP contribution is -2.41. The Labute approximate surface area is 186 Å². The predicted octanol–water partition coefficient (Wildman–Crippen LogP) is 2.36. The average molecular weight is 464 g/mol. The molecule has 1 aliphatic heterocycles. The van der Waals surface area contributed by atoms with Crippen molar-refractivity contribution in [3.8, 4) is 11.8 Å². The van der Waals surface area contributed by atoms with Crippen molar-refractivity contribution in [2.24, 2.45) is 5.92 Å². The lowest BCUT2D eigenvalue weighted by molar-refractivity contribution is -0.130. The quantitative estimate of drug-likeness (QED) is 0.644. The SMILES string of the molecule is CC(C)C(Oc1ccccc1C#N)C(=O)NCc1ccc(S(=O)(=O)N2CCOCC2)s1.